The van der Waals surface area contributed by atoms with Crippen molar-refractivity contribution in [3.8, 4) is 47.4 Å². The Hall–Kier alpha value is -3.47. The van der Waals surface area contributed by atoms with E-state index in [9.17, 15) is 0 Å². The van der Waals surface area contributed by atoms with Gasteiger partial charge < -0.3 is 9.47 Å². The van der Waals surface area contributed by atoms with Gasteiger partial charge in [0.25, 0.3) is 0 Å². The van der Waals surface area contributed by atoms with Gasteiger partial charge in [-0.05, 0) is 26.0 Å². The summed E-state index contributed by atoms with van der Waals surface area (Å²) in [5.41, 5.74) is 0. The number of methoxy groups -OCH3 is 2. The maximum Gasteiger partial charge on any atom is 0.107 e. The molecule has 0 spiro atoms. The lowest BCUT2D eigenvalue weighted by Crippen LogP contribution is -1.79. The first kappa shape index (κ1) is 39.7. The fraction of sp³-hybridized carbons (Fsp3) is 0.424. The molecule has 0 unspecified atom stereocenters. The summed E-state index contributed by atoms with van der Waals surface area (Å²) >= 11 is 0. The van der Waals surface area contributed by atoms with Crippen molar-refractivity contribution in [1.82, 2.24) is 4.98 Å². The number of hydrogen-bond acceptors (Lipinski definition) is 3. The fourth-order valence-corrected chi connectivity index (χ4v) is 1.55. The molecule has 0 N–H and O–H groups in total. The molecular weight excluding hydrogens is 442 g/mol. The van der Waals surface area contributed by atoms with Crippen LogP contribution in [0.25, 0.3) is 0 Å². The van der Waals surface area contributed by atoms with Crippen LogP contribution >= 0.6 is 0 Å². The van der Waals surface area contributed by atoms with Crippen molar-refractivity contribution in [2.24, 2.45) is 0 Å². The fourth-order valence-electron chi connectivity index (χ4n) is 1.55. The van der Waals surface area contributed by atoms with Gasteiger partial charge >= 0.3 is 0 Å². The zero-order chi connectivity index (χ0) is 27.8. The summed E-state index contributed by atoms with van der Waals surface area (Å²) in [5, 5.41) is 0. The van der Waals surface area contributed by atoms with Crippen LogP contribution in [0.3, 0.4) is 0 Å². The van der Waals surface area contributed by atoms with Gasteiger partial charge in [0.2, 0.25) is 0 Å². The molecule has 0 aliphatic carbocycles. The monoisotopic (exact) mass is 489 g/mol. The van der Waals surface area contributed by atoms with Crippen LogP contribution in [-0.4, -0.2) is 32.4 Å². The number of nitrogens with zero attached hydrogens (tertiary/aromatic N) is 1. The number of hydrogen-bond donors (Lipinski definition) is 0. The minimum atomic E-state index is 0.563. The van der Waals surface area contributed by atoms with Crippen molar-refractivity contribution in [1.29, 1.82) is 0 Å². The first-order valence-corrected chi connectivity index (χ1v) is 12.2. The molecular formula is C33H47NO2. The van der Waals surface area contributed by atoms with E-state index in [2.05, 4.69) is 61.8 Å². The molecule has 2 rings (SSSR count). The molecule has 0 aliphatic heterocycles. The summed E-state index contributed by atoms with van der Waals surface area (Å²) < 4.78 is 9.34. The third-order valence-electron chi connectivity index (χ3n) is 2.98. The number of benzene rings is 1. The SMILES string of the molecule is CC#CCC.CC#CCC.CCC#CCOC.CCC#CCOC.c1ccccc1.c1ccncc1. The van der Waals surface area contributed by atoms with E-state index >= 15 is 0 Å². The van der Waals surface area contributed by atoms with E-state index in [1.165, 1.54) is 0 Å². The van der Waals surface area contributed by atoms with Gasteiger partial charge in [0, 0.05) is 52.3 Å². The van der Waals surface area contributed by atoms with Gasteiger partial charge in [-0.15, -0.1) is 35.5 Å². The molecule has 1 heterocycles. The Morgan fingerprint density at radius 2 is 0.778 bits per heavy atom. The minimum absolute atomic E-state index is 0.563. The zero-order valence-electron chi connectivity index (χ0n) is 23.9. The van der Waals surface area contributed by atoms with Gasteiger partial charge in [-0.1, -0.05) is 82.0 Å². The van der Waals surface area contributed by atoms with E-state index in [1.807, 2.05) is 96.1 Å². The van der Waals surface area contributed by atoms with Crippen molar-refractivity contribution in [3.63, 3.8) is 0 Å². The van der Waals surface area contributed by atoms with Crippen molar-refractivity contribution in [2.75, 3.05) is 27.4 Å². The lowest BCUT2D eigenvalue weighted by Gasteiger charge is -1.79. The first-order valence-electron chi connectivity index (χ1n) is 12.2. The Kier molecular flexibility index (Phi) is 53.9. The summed E-state index contributed by atoms with van der Waals surface area (Å²) in [6, 6.07) is 17.7. The highest BCUT2D eigenvalue weighted by Gasteiger charge is 1.64. The molecule has 0 saturated heterocycles. The van der Waals surface area contributed by atoms with Gasteiger partial charge in [0.1, 0.15) is 13.2 Å². The first-order chi connectivity index (χ1) is 17.7. The Balaban J connectivity index is -0.000000171. The molecule has 1 aromatic heterocycles. The second-order valence-electron chi connectivity index (χ2n) is 6.02. The van der Waals surface area contributed by atoms with Crippen LogP contribution in [0, 0.1) is 47.4 Å². The maximum absolute atomic E-state index is 4.67. The van der Waals surface area contributed by atoms with E-state index in [0.29, 0.717) is 13.2 Å². The normalized spacial score (nSPS) is 6.89. The quantitative estimate of drug-likeness (QED) is 0.405. The average molecular weight is 490 g/mol. The average Bonchev–Trinajstić information content (AvgIpc) is 2.94. The van der Waals surface area contributed by atoms with E-state index in [1.54, 1.807) is 26.6 Å². The van der Waals surface area contributed by atoms with Crippen molar-refractivity contribution in [3.05, 3.63) is 67.0 Å². The second kappa shape index (κ2) is 48.8. The summed E-state index contributed by atoms with van der Waals surface area (Å²) in [6.07, 6.45) is 7.31. The molecule has 0 aliphatic rings. The molecule has 3 nitrogen and oxygen atoms in total. The Bertz CT molecular complexity index is 720. The maximum atomic E-state index is 4.67. The molecule has 0 amide bonds. The molecule has 0 saturated carbocycles. The topological polar surface area (TPSA) is 31.4 Å². The van der Waals surface area contributed by atoms with E-state index < -0.39 is 0 Å². The molecule has 196 valence electrons. The lowest BCUT2D eigenvalue weighted by molar-refractivity contribution is 0.239. The summed E-state index contributed by atoms with van der Waals surface area (Å²) in [5.74, 6) is 22.6. The van der Waals surface area contributed by atoms with Crippen LogP contribution < -0.4 is 0 Å². The van der Waals surface area contributed by atoms with Crippen LogP contribution in [0.4, 0.5) is 0 Å². The highest BCUT2D eigenvalue weighted by Crippen LogP contribution is 1.80. The van der Waals surface area contributed by atoms with E-state index in [0.717, 1.165) is 25.7 Å². The smallest absolute Gasteiger partial charge is 0.107 e. The lowest BCUT2D eigenvalue weighted by atomic mass is 10.4. The molecule has 2 aromatic rings. The van der Waals surface area contributed by atoms with Gasteiger partial charge in [-0.2, -0.15) is 0 Å². The molecule has 36 heavy (non-hydrogen) atoms. The highest BCUT2D eigenvalue weighted by atomic mass is 16.5. The van der Waals surface area contributed by atoms with Crippen molar-refractivity contribution in [2.45, 2.75) is 67.2 Å². The Labute approximate surface area is 223 Å². The van der Waals surface area contributed by atoms with Gasteiger partial charge in [-0.3, -0.25) is 4.98 Å². The molecule has 0 radical (unpaired) electrons. The minimum Gasteiger partial charge on any atom is -0.372 e. The third-order valence-corrected chi connectivity index (χ3v) is 2.98. The number of pyridine rings is 1. The number of ether oxygens (including phenoxy) is 2. The van der Waals surface area contributed by atoms with Crippen LogP contribution in [0.1, 0.15) is 67.2 Å². The third kappa shape index (κ3) is 63.2. The largest absolute Gasteiger partial charge is 0.372 e. The van der Waals surface area contributed by atoms with E-state index in [4.69, 9.17) is 0 Å². The van der Waals surface area contributed by atoms with E-state index in [-0.39, 0.29) is 0 Å². The molecule has 0 bridgehead atoms. The molecule has 1 aromatic carbocycles. The van der Waals surface area contributed by atoms with Gasteiger partial charge in [0.05, 0.1) is 0 Å². The predicted octanol–water partition coefficient (Wildman–Crippen LogP) is 7.70. The molecule has 0 fully saturated rings. The summed E-state index contributed by atoms with van der Waals surface area (Å²) in [7, 11) is 3.29. The summed E-state index contributed by atoms with van der Waals surface area (Å²) in [6.45, 7) is 12.9. The molecule has 3 heteroatoms. The second-order valence-corrected chi connectivity index (χ2v) is 6.02. The Morgan fingerprint density at radius 1 is 0.472 bits per heavy atom. The van der Waals surface area contributed by atoms with Crippen LogP contribution in [-0.2, 0) is 9.47 Å². The van der Waals surface area contributed by atoms with Crippen LogP contribution in [0.15, 0.2) is 67.0 Å². The summed E-state index contributed by atoms with van der Waals surface area (Å²) in [4.78, 5) is 3.78. The van der Waals surface area contributed by atoms with Crippen molar-refractivity contribution >= 4 is 0 Å². The van der Waals surface area contributed by atoms with Crippen LogP contribution in [0.5, 0.6) is 0 Å². The zero-order valence-corrected chi connectivity index (χ0v) is 23.9. The number of aromatic nitrogens is 1. The highest BCUT2D eigenvalue weighted by molar-refractivity contribution is 4.99. The van der Waals surface area contributed by atoms with Gasteiger partial charge in [-0.25, -0.2) is 0 Å². The number of rotatable bonds is 2. The predicted molar refractivity (Wildman–Crippen MR) is 158 cm³/mol. The van der Waals surface area contributed by atoms with Crippen LogP contribution in [0.2, 0.25) is 0 Å². The molecule has 0 atom stereocenters. The van der Waals surface area contributed by atoms with Gasteiger partial charge in [0.15, 0.2) is 0 Å². The van der Waals surface area contributed by atoms with Crippen molar-refractivity contribution < 1.29 is 9.47 Å². The Morgan fingerprint density at radius 3 is 0.917 bits per heavy atom. The standard InChI is InChI=1S/2C6H10O.C6H6.C5H5N.2C5H8/c2*1-3-4-5-6-7-2;2*1-2-4-6-5-3-1;2*1-3-5-4-2/h2*3,6H2,1-2H3;1-6H;1-5H;2*3H2,1-2H3.